The van der Waals surface area contributed by atoms with E-state index in [4.69, 9.17) is 13.9 Å². The highest BCUT2D eigenvalue weighted by Gasteiger charge is 2.28. The van der Waals surface area contributed by atoms with Gasteiger partial charge in [-0.2, -0.15) is 0 Å². The van der Waals surface area contributed by atoms with Crippen LogP contribution in [0.2, 0.25) is 0 Å². The molecule has 0 aliphatic carbocycles. The number of hydrogen-bond acceptors (Lipinski definition) is 5. The number of carbonyl (C=O) groups excluding carboxylic acids is 2. The number of ether oxygens (including phenoxy) is 2. The predicted molar refractivity (Wildman–Crippen MR) is 111 cm³/mol. The lowest BCUT2D eigenvalue weighted by Gasteiger charge is -2.32. The molecule has 3 amide bonds. The highest BCUT2D eigenvalue weighted by molar-refractivity contribution is 5.80. The number of nitrogens with zero attached hydrogens (tertiary/aromatic N) is 1. The maximum atomic E-state index is 12.8. The Morgan fingerprint density at radius 3 is 2.60 bits per heavy atom. The molecule has 30 heavy (non-hydrogen) atoms. The molecule has 1 atom stereocenters. The fourth-order valence-corrected chi connectivity index (χ4v) is 3.62. The van der Waals surface area contributed by atoms with E-state index < -0.39 is 0 Å². The zero-order valence-electron chi connectivity index (χ0n) is 17.6. The highest BCUT2D eigenvalue weighted by atomic mass is 16.5. The minimum atomic E-state index is -0.225. The molecule has 1 aromatic carbocycles. The monoisotopic (exact) mass is 415 g/mol. The lowest BCUT2D eigenvalue weighted by Crippen LogP contribution is -2.46. The van der Waals surface area contributed by atoms with E-state index in [0.29, 0.717) is 49.7 Å². The van der Waals surface area contributed by atoms with E-state index in [0.717, 1.165) is 5.56 Å². The summed E-state index contributed by atoms with van der Waals surface area (Å²) in [6, 6.07) is 8.76. The molecule has 1 fully saturated rings. The van der Waals surface area contributed by atoms with Crippen LogP contribution in [0.5, 0.6) is 11.5 Å². The third-order valence-corrected chi connectivity index (χ3v) is 5.41. The molecule has 2 N–H and O–H groups in total. The first-order chi connectivity index (χ1) is 14.5. The molecule has 0 spiro atoms. The lowest BCUT2D eigenvalue weighted by molar-refractivity contribution is -0.126. The minimum absolute atomic E-state index is 0.0111. The summed E-state index contributed by atoms with van der Waals surface area (Å²) in [5, 5.41) is 5.92. The Kier molecular flexibility index (Phi) is 7.21. The molecule has 3 rings (SSSR count). The van der Waals surface area contributed by atoms with E-state index >= 15 is 0 Å². The first-order valence-corrected chi connectivity index (χ1v) is 10.1. The van der Waals surface area contributed by atoms with Crippen LogP contribution in [-0.2, 0) is 11.3 Å². The molecule has 1 aliphatic rings. The van der Waals surface area contributed by atoms with Crippen molar-refractivity contribution in [2.75, 3.05) is 27.3 Å². The number of benzene rings is 1. The van der Waals surface area contributed by atoms with Gasteiger partial charge in [-0.3, -0.25) is 4.79 Å². The standard InChI is InChI=1S/C22H29N3O5/c1-15(19-13-17(28-2)6-7-20(19)29-3)24-21(26)16-8-10-25(11-9-16)22(27)23-14-18-5-4-12-30-18/h4-7,12-13,15-16H,8-11,14H2,1-3H3,(H,23,27)(H,24,26). The Balaban J connectivity index is 1.50. The molecule has 1 aliphatic heterocycles. The molecule has 8 heteroatoms. The van der Waals surface area contributed by atoms with E-state index in [2.05, 4.69) is 10.6 Å². The summed E-state index contributed by atoms with van der Waals surface area (Å²) < 4.78 is 15.9. The number of nitrogens with one attached hydrogen (secondary N) is 2. The first kappa shape index (κ1) is 21.5. The second kappa shape index (κ2) is 10.0. The van der Waals surface area contributed by atoms with Gasteiger partial charge in [0.1, 0.15) is 17.3 Å². The van der Waals surface area contributed by atoms with Gasteiger partial charge in [-0.05, 0) is 50.1 Å². The quantitative estimate of drug-likeness (QED) is 0.725. The Hall–Kier alpha value is -3.16. The summed E-state index contributed by atoms with van der Waals surface area (Å²) in [6.07, 6.45) is 2.83. The van der Waals surface area contributed by atoms with E-state index in [1.165, 1.54) is 0 Å². The minimum Gasteiger partial charge on any atom is -0.497 e. The predicted octanol–water partition coefficient (Wildman–Crippen LogP) is 3.10. The summed E-state index contributed by atoms with van der Waals surface area (Å²) >= 11 is 0. The number of hydrogen-bond donors (Lipinski definition) is 2. The lowest BCUT2D eigenvalue weighted by atomic mass is 9.95. The zero-order valence-corrected chi connectivity index (χ0v) is 17.6. The van der Waals surface area contributed by atoms with E-state index in [9.17, 15) is 9.59 Å². The van der Waals surface area contributed by atoms with Crippen LogP contribution in [0.3, 0.4) is 0 Å². The van der Waals surface area contributed by atoms with Crippen molar-refractivity contribution in [1.29, 1.82) is 0 Å². The maximum absolute atomic E-state index is 12.8. The van der Waals surface area contributed by atoms with Crippen LogP contribution in [0.15, 0.2) is 41.0 Å². The third-order valence-electron chi connectivity index (χ3n) is 5.41. The van der Waals surface area contributed by atoms with Crippen molar-refractivity contribution in [2.24, 2.45) is 5.92 Å². The van der Waals surface area contributed by atoms with Crippen molar-refractivity contribution >= 4 is 11.9 Å². The zero-order chi connectivity index (χ0) is 21.5. The molecule has 8 nitrogen and oxygen atoms in total. The summed E-state index contributed by atoms with van der Waals surface area (Å²) in [6.45, 7) is 3.36. The molecule has 2 heterocycles. The smallest absolute Gasteiger partial charge is 0.317 e. The van der Waals surface area contributed by atoms with E-state index in [1.54, 1.807) is 31.4 Å². The molecule has 0 saturated carbocycles. The topological polar surface area (TPSA) is 93.0 Å². The largest absolute Gasteiger partial charge is 0.497 e. The Bertz CT molecular complexity index is 844. The number of amides is 3. The molecule has 1 aromatic heterocycles. The fourth-order valence-electron chi connectivity index (χ4n) is 3.62. The number of methoxy groups -OCH3 is 2. The van der Waals surface area contributed by atoms with Gasteiger partial charge in [0.05, 0.1) is 33.1 Å². The number of rotatable bonds is 7. The average molecular weight is 415 g/mol. The summed E-state index contributed by atoms with van der Waals surface area (Å²) in [4.78, 5) is 26.8. The van der Waals surface area contributed by atoms with Crippen LogP contribution in [0.4, 0.5) is 4.79 Å². The van der Waals surface area contributed by atoms with E-state index in [1.807, 2.05) is 31.2 Å². The van der Waals surface area contributed by atoms with Gasteiger partial charge in [-0.25, -0.2) is 4.79 Å². The van der Waals surface area contributed by atoms with Gasteiger partial charge < -0.3 is 29.4 Å². The average Bonchev–Trinajstić information content (AvgIpc) is 3.30. The fraction of sp³-hybridized carbons (Fsp3) is 0.455. The normalized spacial score (nSPS) is 15.4. The number of furan rings is 1. The van der Waals surface area contributed by atoms with Gasteiger partial charge in [0.25, 0.3) is 0 Å². The van der Waals surface area contributed by atoms with Crippen LogP contribution in [0.25, 0.3) is 0 Å². The second-order valence-electron chi connectivity index (χ2n) is 7.34. The van der Waals surface area contributed by atoms with Gasteiger partial charge in [0.2, 0.25) is 5.91 Å². The number of carbonyl (C=O) groups is 2. The molecule has 162 valence electrons. The Labute approximate surface area is 176 Å². The van der Waals surface area contributed by atoms with Crippen LogP contribution in [0.1, 0.15) is 37.1 Å². The Morgan fingerprint density at radius 1 is 1.20 bits per heavy atom. The van der Waals surface area contributed by atoms with Crippen LogP contribution >= 0.6 is 0 Å². The molecule has 0 radical (unpaired) electrons. The second-order valence-corrected chi connectivity index (χ2v) is 7.34. The Morgan fingerprint density at radius 2 is 1.97 bits per heavy atom. The maximum Gasteiger partial charge on any atom is 0.317 e. The number of likely N-dealkylation sites (tertiary alicyclic amines) is 1. The summed E-state index contributed by atoms with van der Waals surface area (Å²) in [5.41, 5.74) is 0.861. The van der Waals surface area contributed by atoms with Crippen molar-refractivity contribution in [3.63, 3.8) is 0 Å². The van der Waals surface area contributed by atoms with Crippen molar-refractivity contribution in [2.45, 2.75) is 32.4 Å². The van der Waals surface area contributed by atoms with Crippen molar-refractivity contribution in [3.05, 3.63) is 47.9 Å². The SMILES string of the molecule is COc1ccc(OC)c(C(C)NC(=O)C2CCN(C(=O)NCc3ccco3)CC2)c1. The van der Waals surface area contributed by atoms with Crippen molar-refractivity contribution < 1.29 is 23.5 Å². The van der Waals surface area contributed by atoms with Gasteiger partial charge in [0, 0.05) is 24.6 Å². The molecular weight excluding hydrogens is 386 g/mol. The first-order valence-electron chi connectivity index (χ1n) is 10.1. The van der Waals surface area contributed by atoms with Crippen LogP contribution < -0.4 is 20.1 Å². The third kappa shape index (κ3) is 5.25. The van der Waals surface area contributed by atoms with Crippen LogP contribution in [0, 0.1) is 5.92 Å². The summed E-state index contributed by atoms with van der Waals surface area (Å²) in [5.74, 6) is 1.98. The van der Waals surface area contributed by atoms with Gasteiger partial charge in [-0.1, -0.05) is 0 Å². The molecule has 2 aromatic rings. The van der Waals surface area contributed by atoms with Crippen molar-refractivity contribution in [3.8, 4) is 11.5 Å². The molecule has 1 saturated heterocycles. The van der Waals surface area contributed by atoms with Crippen molar-refractivity contribution in [1.82, 2.24) is 15.5 Å². The van der Waals surface area contributed by atoms with Gasteiger partial charge >= 0.3 is 6.03 Å². The van der Waals surface area contributed by atoms with Gasteiger partial charge in [0.15, 0.2) is 0 Å². The van der Waals surface area contributed by atoms with Crippen LogP contribution in [-0.4, -0.2) is 44.1 Å². The highest BCUT2D eigenvalue weighted by Crippen LogP contribution is 2.30. The molecule has 0 bridgehead atoms. The molecular formula is C22H29N3O5. The summed E-state index contributed by atoms with van der Waals surface area (Å²) in [7, 11) is 3.21. The number of urea groups is 1. The van der Waals surface area contributed by atoms with E-state index in [-0.39, 0.29) is 23.9 Å². The van der Waals surface area contributed by atoms with Gasteiger partial charge in [-0.15, -0.1) is 0 Å². The molecule has 1 unspecified atom stereocenters. The number of piperidine rings is 1.